The van der Waals surface area contributed by atoms with Crippen LogP contribution in [0.3, 0.4) is 0 Å². The van der Waals surface area contributed by atoms with Gasteiger partial charge >= 0.3 is 0 Å². The molecule has 0 unspecified atom stereocenters. The number of aromatic hydroxyl groups is 1. The maximum absolute atomic E-state index is 9.62. The molecule has 1 N–H and O–H groups in total. The van der Waals surface area contributed by atoms with Gasteiger partial charge in [0.25, 0.3) is 0 Å². The number of benzene rings is 4. The van der Waals surface area contributed by atoms with Crippen molar-refractivity contribution in [3.63, 3.8) is 0 Å². The van der Waals surface area contributed by atoms with Gasteiger partial charge in [0.15, 0.2) is 0 Å². The SMILES string of the molecule is C=Cc1cccc2ccccc12.Oc1ccc2c3c(cccc13)C=C2. The van der Waals surface area contributed by atoms with Crippen molar-refractivity contribution in [2.75, 3.05) is 0 Å². The molecule has 4 aromatic carbocycles. The Morgan fingerprint density at radius 2 is 1.36 bits per heavy atom. The summed E-state index contributed by atoms with van der Waals surface area (Å²) in [6, 6.07) is 24.3. The third-order valence-corrected chi connectivity index (χ3v) is 4.57. The molecule has 0 saturated heterocycles. The third kappa shape index (κ3) is 2.70. The molecule has 4 aromatic rings. The molecule has 0 fully saturated rings. The molecular weight excluding hydrogens is 304 g/mol. The molecular formula is C24H18O. The molecule has 120 valence electrons. The molecule has 5 rings (SSSR count). The standard InChI is InChI=1S/C12H8O.C12H10/c13-11-7-6-9-5-4-8-2-1-3-10(11)12(8)9;1-2-10-7-5-8-11-6-3-4-9-12(10)11/h1-7,13H;2-9H,1H2. The molecule has 0 bridgehead atoms. The van der Waals surface area contributed by atoms with Crippen LogP contribution in [0.5, 0.6) is 5.75 Å². The third-order valence-electron chi connectivity index (χ3n) is 4.57. The average molecular weight is 322 g/mol. The Morgan fingerprint density at radius 1 is 0.680 bits per heavy atom. The fourth-order valence-electron chi connectivity index (χ4n) is 3.33. The van der Waals surface area contributed by atoms with Crippen LogP contribution in [0.2, 0.25) is 0 Å². The van der Waals surface area contributed by atoms with Gasteiger partial charge in [-0.15, -0.1) is 0 Å². The van der Waals surface area contributed by atoms with Crippen molar-refractivity contribution >= 4 is 39.8 Å². The quantitative estimate of drug-likeness (QED) is 0.373. The first-order valence-electron chi connectivity index (χ1n) is 8.31. The van der Waals surface area contributed by atoms with Gasteiger partial charge in [-0.05, 0) is 38.9 Å². The van der Waals surface area contributed by atoms with Crippen LogP contribution in [0.1, 0.15) is 16.7 Å². The zero-order chi connectivity index (χ0) is 17.2. The minimum atomic E-state index is 0.365. The topological polar surface area (TPSA) is 20.2 Å². The van der Waals surface area contributed by atoms with Gasteiger partial charge in [0.05, 0.1) is 0 Å². The van der Waals surface area contributed by atoms with E-state index < -0.39 is 0 Å². The number of phenolic OH excluding ortho intramolecular Hbond substituents is 1. The molecule has 1 aliphatic rings. The van der Waals surface area contributed by atoms with E-state index in [1.165, 1.54) is 32.8 Å². The molecule has 0 aliphatic heterocycles. The lowest BCUT2D eigenvalue weighted by Crippen LogP contribution is -1.78. The van der Waals surface area contributed by atoms with E-state index >= 15 is 0 Å². The summed E-state index contributed by atoms with van der Waals surface area (Å²) < 4.78 is 0. The summed E-state index contributed by atoms with van der Waals surface area (Å²) in [4.78, 5) is 0. The van der Waals surface area contributed by atoms with Crippen LogP contribution in [-0.4, -0.2) is 5.11 Å². The van der Waals surface area contributed by atoms with Crippen molar-refractivity contribution < 1.29 is 5.11 Å². The van der Waals surface area contributed by atoms with Crippen molar-refractivity contribution in [1.82, 2.24) is 0 Å². The van der Waals surface area contributed by atoms with Crippen molar-refractivity contribution in [1.29, 1.82) is 0 Å². The van der Waals surface area contributed by atoms with Crippen molar-refractivity contribution in [3.05, 3.63) is 96.1 Å². The number of phenols is 1. The molecule has 0 spiro atoms. The van der Waals surface area contributed by atoms with Crippen molar-refractivity contribution in [3.8, 4) is 5.75 Å². The van der Waals surface area contributed by atoms with Gasteiger partial charge in [-0.3, -0.25) is 0 Å². The summed E-state index contributed by atoms with van der Waals surface area (Å²) in [6.45, 7) is 3.78. The van der Waals surface area contributed by atoms with Gasteiger partial charge in [-0.2, -0.15) is 0 Å². The smallest absolute Gasteiger partial charge is 0.123 e. The Balaban J connectivity index is 0.000000126. The van der Waals surface area contributed by atoms with Crippen LogP contribution in [0.4, 0.5) is 0 Å². The first-order chi connectivity index (χ1) is 12.3. The van der Waals surface area contributed by atoms with E-state index in [2.05, 4.69) is 67.3 Å². The monoisotopic (exact) mass is 322 g/mol. The van der Waals surface area contributed by atoms with Gasteiger partial charge in [-0.25, -0.2) is 0 Å². The van der Waals surface area contributed by atoms with E-state index in [1.54, 1.807) is 6.07 Å². The van der Waals surface area contributed by atoms with Crippen LogP contribution in [0.25, 0.3) is 39.8 Å². The maximum Gasteiger partial charge on any atom is 0.123 e. The molecule has 0 saturated carbocycles. The van der Waals surface area contributed by atoms with Gasteiger partial charge in [0.1, 0.15) is 5.75 Å². The second-order valence-electron chi connectivity index (χ2n) is 6.05. The summed E-state index contributed by atoms with van der Waals surface area (Å²) in [7, 11) is 0. The Bertz CT molecular complexity index is 1100. The second-order valence-corrected chi connectivity index (χ2v) is 6.05. The molecule has 0 atom stereocenters. The van der Waals surface area contributed by atoms with E-state index in [1.807, 2.05) is 24.3 Å². The first-order valence-corrected chi connectivity index (χ1v) is 8.31. The van der Waals surface area contributed by atoms with Gasteiger partial charge in [0, 0.05) is 5.39 Å². The Morgan fingerprint density at radius 3 is 2.20 bits per heavy atom. The second kappa shape index (κ2) is 6.29. The van der Waals surface area contributed by atoms with Crippen LogP contribution < -0.4 is 0 Å². The van der Waals surface area contributed by atoms with Crippen LogP contribution in [0, 0.1) is 0 Å². The summed E-state index contributed by atoms with van der Waals surface area (Å²) >= 11 is 0. The fraction of sp³-hybridized carbons (Fsp3) is 0. The number of rotatable bonds is 1. The molecule has 25 heavy (non-hydrogen) atoms. The van der Waals surface area contributed by atoms with Gasteiger partial charge in [-0.1, -0.05) is 91.5 Å². The van der Waals surface area contributed by atoms with Crippen LogP contribution in [-0.2, 0) is 0 Å². The minimum Gasteiger partial charge on any atom is -0.507 e. The van der Waals surface area contributed by atoms with Crippen molar-refractivity contribution in [2.24, 2.45) is 0 Å². The number of hydrogen-bond acceptors (Lipinski definition) is 1. The summed E-state index contributed by atoms with van der Waals surface area (Å²) in [5.74, 6) is 0.365. The summed E-state index contributed by atoms with van der Waals surface area (Å²) in [5.41, 5.74) is 3.60. The lowest BCUT2D eigenvalue weighted by atomic mass is 10.0. The van der Waals surface area contributed by atoms with Crippen LogP contribution in [0.15, 0.2) is 79.4 Å². The molecule has 1 aliphatic carbocycles. The maximum atomic E-state index is 9.62. The summed E-state index contributed by atoms with van der Waals surface area (Å²) in [6.07, 6.45) is 6.05. The first kappa shape index (κ1) is 15.2. The molecule has 0 radical (unpaired) electrons. The van der Waals surface area contributed by atoms with E-state index in [-0.39, 0.29) is 0 Å². The highest BCUT2D eigenvalue weighted by Gasteiger charge is 2.10. The lowest BCUT2D eigenvalue weighted by molar-refractivity contribution is 0.481. The molecule has 0 heterocycles. The minimum absolute atomic E-state index is 0.365. The van der Waals surface area contributed by atoms with E-state index in [0.29, 0.717) is 5.75 Å². The van der Waals surface area contributed by atoms with Gasteiger partial charge < -0.3 is 5.11 Å². The van der Waals surface area contributed by atoms with E-state index in [0.717, 1.165) is 5.39 Å². The molecule has 1 heteroatoms. The normalized spacial score (nSPS) is 11.4. The zero-order valence-corrected chi connectivity index (χ0v) is 13.8. The largest absolute Gasteiger partial charge is 0.507 e. The highest BCUT2D eigenvalue weighted by atomic mass is 16.3. The van der Waals surface area contributed by atoms with Crippen molar-refractivity contribution in [2.45, 2.75) is 0 Å². The van der Waals surface area contributed by atoms with Gasteiger partial charge in [0.2, 0.25) is 0 Å². The highest BCUT2D eigenvalue weighted by molar-refractivity contribution is 6.06. The van der Waals surface area contributed by atoms with Crippen LogP contribution >= 0.6 is 0 Å². The Hall–Kier alpha value is -3.32. The van der Waals surface area contributed by atoms with E-state index in [4.69, 9.17) is 0 Å². The van der Waals surface area contributed by atoms with E-state index in [9.17, 15) is 5.11 Å². The zero-order valence-electron chi connectivity index (χ0n) is 13.8. The lowest BCUT2D eigenvalue weighted by Gasteiger charge is -2.03. The number of hydrogen-bond donors (Lipinski definition) is 1. The predicted molar refractivity (Wildman–Crippen MR) is 109 cm³/mol. The fourth-order valence-corrected chi connectivity index (χ4v) is 3.33. The average Bonchev–Trinajstić information content (AvgIpc) is 3.09. The molecule has 0 aromatic heterocycles. The Labute approximate surface area is 147 Å². The predicted octanol–water partition coefficient (Wildman–Crippen LogP) is 6.51. The molecule has 0 amide bonds. The summed E-state index contributed by atoms with van der Waals surface area (Å²) in [5, 5.41) is 14.3. The highest BCUT2D eigenvalue weighted by Crippen LogP contribution is 2.35. The number of fused-ring (bicyclic) bond motifs is 1. The molecule has 1 nitrogen and oxygen atoms in total. The Kier molecular flexibility index (Phi) is 3.83.